The Balaban J connectivity index is 1.71. The molecule has 0 aliphatic carbocycles. The molecule has 4 nitrogen and oxygen atoms in total. The Morgan fingerprint density at radius 1 is 1.48 bits per heavy atom. The molecule has 21 heavy (non-hydrogen) atoms. The fourth-order valence-corrected chi connectivity index (χ4v) is 3.27. The first-order valence-corrected chi connectivity index (χ1v) is 7.95. The quantitative estimate of drug-likeness (QED) is 0.945. The lowest BCUT2D eigenvalue weighted by atomic mass is 10.1. The predicted octanol–water partition coefficient (Wildman–Crippen LogP) is 2.37. The van der Waals surface area contributed by atoms with E-state index in [1.165, 1.54) is 17.6 Å². The Kier molecular flexibility index (Phi) is 4.17. The lowest BCUT2D eigenvalue weighted by molar-refractivity contribution is 0.484. The average molecular weight is 306 g/mol. The minimum absolute atomic E-state index is 0.166. The number of anilines is 1. The van der Waals surface area contributed by atoms with Crippen LogP contribution in [0.1, 0.15) is 23.9 Å². The van der Waals surface area contributed by atoms with Crippen LogP contribution in [0, 0.1) is 12.7 Å². The number of benzene rings is 1. The predicted molar refractivity (Wildman–Crippen MR) is 83.5 cm³/mol. The monoisotopic (exact) mass is 306 g/mol. The topological polar surface area (TPSA) is 41.1 Å². The van der Waals surface area contributed by atoms with Gasteiger partial charge in [0.1, 0.15) is 11.6 Å². The zero-order valence-corrected chi connectivity index (χ0v) is 13.1. The molecule has 1 aromatic carbocycles. The lowest BCUT2D eigenvalue weighted by Gasteiger charge is -2.31. The minimum Gasteiger partial charge on any atom is -0.344 e. The number of nitrogens with zero attached hydrogens (tertiary/aromatic N) is 3. The van der Waals surface area contributed by atoms with Gasteiger partial charge in [-0.05, 0) is 31.0 Å². The van der Waals surface area contributed by atoms with Crippen LogP contribution in [0.3, 0.4) is 0 Å². The molecule has 1 aliphatic heterocycles. The molecule has 0 bridgehead atoms. The second-order valence-corrected chi connectivity index (χ2v) is 6.28. The summed E-state index contributed by atoms with van der Waals surface area (Å²) in [4.78, 5) is 6.90. The smallest absolute Gasteiger partial charge is 0.205 e. The Morgan fingerprint density at radius 3 is 3.10 bits per heavy atom. The van der Waals surface area contributed by atoms with Crippen LogP contribution in [0.15, 0.2) is 18.2 Å². The van der Waals surface area contributed by atoms with Crippen molar-refractivity contribution in [1.29, 1.82) is 0 Å². The maximum absolute atomic E-state index is 13.3. The molecular weight excluding hydrogens is 287 g/mol. The van der Waals surface area contributed by atoms with Crippen molar-refractivity contribution in [2.45, 2.75) is 26.3 Å². The van der Waals surface area contributed by atoms with Gasteiger partial charge in [-0.25, -0.2) is 9.37 Å². The van der Waals surface area contributed by atoms with E-state index in [4.69, 9.17) is 0 Å². The number of piperazine rings is 1. The summed E-state index contributed by atoms with van der Waals surface area (Å²) in [6, 6.07) is 5.65. The number of halogens is 1. The molecule has 1 aromatic heterocycles. The van der Waals surface area contributed by atoms with Crippen molar-refractivity contribution in [1.82, 2.24) is 14.7 Å². The van der Waals surface area contributed by atoms with Gasteiger partial charge in [0.05, 0.1) is 0 Å². The highest BCUT2D eigenvalue weighted by Crippen LogP contribution is 2.20. The second kappa shape index (κ2) is 6.07. The maximum Gasteiger partial charge on any atom is 0.205 e. The zero-order valence-electron chi connectivity index (χ0n) is 12.3. The van der Waals surface area contributed by atoms with E-state index in [1.807, 2.05) is 6.07 Å². The molecule has 2 aromatic rings. The van der Waals surface area contributed by atoms with Crippen LogP contribution < -0.4 is 10.2 Å². The van der Waals surface area contributed by atoms with Crippen molar-refractivity contribution < 1.29 is 4.39 Å². The highest BCUT2D eigenvalue weighted by atomic mass is 32.1. The number of aryl methyl sites for hydroxylation is 1. The van der Waals surface area contributed by atoms with Gasteiger partial charge in [0.2, 0.25) is 5.13 Å². The van der Waals surface area contributed by atoms with Gasteiger partial charge in [-0.1, -0.05) is 12.1 Å². The maximum atomic E-state index is 13.3. The summed E-state index contributed by atoms with van der Waals surface area (Å²) < 4.78 is 17.7. The molecule has 1 aliphatic rings. The fraction of sp³-hybridized carbons (Fsp3) is 0.467. The SMILES string of the molecule is Cc1cc(Cc2nsc(N3CCNC(C)C3)n2)ccc1F. The summed E-state index contributed by atoms with van der Waals surface area (Å²) in [6.07, 6.45) is 0.652. The van der Waals surface area contributed by atoms with Crippen molar-refractivity contribution in [2.24, 2.45) is 0 Å². The van der Waals surface area contributed by atoms with Gasteiger partial charge < -0.3 is 10.2 Å². The fourth-order valence-electron chi connectivity index (χ4n) is 2.55. The first-order chi connectivity index (χ1) is 10.1. The van der Waals surface area contributed by atoms with E-state index in [2.05, 4.69) is 26.5 Å². The number of hydrogen-bond donors (Lipinski definition) is 1. The molecule has 3 rings (SSSR count). The van der Waals surface area contributed by atoms with E-state index in [1.54, 1.807) is 13.0 Å². The minimum atomic E-state index is -0.166. The van der Waals surface area contributed by atoms with Crippen molar-refractivity contribution in [3.63, 3.8) is 0 Å². The molecule has 112 valence electrons. The van der Waals surface area contributed by atoms with E-state index in [9.17, 15) is 4.39 Å². The van der Waals surface area contributed by atoms with Gasteiger partial charge >= 0.3 is 0 Å². The average Bonchev–Trinajstić information content (AvgIpc) is 2.91. The standard InChI is InChI=1S/C15H19FN4S/c1-10-7-12(3-4-13(10)16)8-14-18-15(21-19-14)20-6-5-17-11(2)9-20/h3-4,7,11,17H,5-6,8-9H2,1-2H3. The van der Waals surface area contributed by atoms with Crippen molar-refractivity contribution in [2.75, 3.05) is 24.5 Å². The van der Waals surface area contributed by atoms with E-state index < -0.39 is 0 Å². The van der Waals surface area contributed by atoms with Gasteiger partial charge in [0.25, 0.3) is 0 Å². The van der Waals surface area contributed by atoms with Crippen LogP contribution in [0.25, 0.3) is 0 Å². The Labute approximate surface area is 128 Å². The zero-order chi connectivity index (χ0) is 14.8. The third kappa shape index (κ3) is 3.39. The van der Waals surface area contributed by atoms with E-state index in [0.29, 0.717) is 18.0 Å². The van der Waals surface area contributed by atoms with Gasteiger partial charge in [0.15, 0.2) is 0 Å². The molecule has 0 saturated carbocycles. The molecule has 6 heteroatoms. The molecule has 0 amide bonds. The highest BCUT2D eigenvalue weighted by Gasteiger charge is 2.19. The van der Waals surface area contributed by atoms with Crippen LogP contribution in [0.5, 0.6) is 0 Å². The van der Waals surface area contributed by atoms with Crippen molar-refractivity contribution in [3.8, 4) is 0 Å². The van der Waals surface area contributed by atoms with Crippen LogP contribution in [0.2, 0.25) is 0 Å². The largest absolute Gasteiger partial charge is 0.344 e. The van der Waals surface area contributed by atoms with Crippen LogP contribution in [-0.4, -0.2) is 35.0 Å². The number of rotatable bonds is 3. The van der Waals surface area contributed by atoms with Gasteiger partial charge in [-0.3, -0.25) is 0 Å². The summed E-state index contributed by atoms with van der Waals surface area (Å²) in [7, 11) is 0. The van der Waals surface area contributed by atoms with Crippen molar-refractivity contribution in [3.05, 3.63) is 41.0 Å². The van der Waals surface area contributed by atoms with Crippen molar-refractivity contribution >= 4 is 16.7 Å². The molecule has 1 saturated heterocycles. The number of aromatic nitrogens is 2. The first kappa shape index (κ1) is 14.4. The summed E-state index contributed by atoms with van der Waals surface area (Å²) in [6.45, 7) is 6.86. The van der Waals surface area contributed by atoms with Gasteiger partial charge in [-0.15, -0.1) is 0 Å². The normalized spacial score (nSPS) is 19.0. The molecule has 1 atom stereocenters. The molecule has 0 spiro atoms. The third-order valence-corrected chi connectivity index (χ3v) is 4.50. The number of hydrogen-bond acceptors (Lipinski definition) is 5. The van der Waals surface area contributed by atoms with Gasteiger partial charge in [-0.2, -0.15) is 4.37 Å². The van der Waals surface area contributed by atoms with E-state index in [-0.39, 0.29) is 5.82 Å². The summed E-state index contributed by atoms with van der Waals surface area (Å²) in [5.41, 5.74) is 1.71. The first-order valence-electron chi connectivity index (χ1n) is 7.18. The molecule has 1 N–H and O–H groups in total. The van der Waals surface area contributed by atoms with Crippen LogP contribution >= 0.6 is 11.5 Å². The molecule has 0 radical (unpaired) electrons. The third-order valence-electron chi connectivity index (χ3n) is 3.68. The van der Waals surface area contributed by atoms with Crippen LogP contribution in [-0.2, 0) is 6.42 Å². The highest BCUT2D eigenvalue weighted by molar-refractivity contribution is 7.09. The Hall–Kier alpha value is -1.53. The Bertz CT molecular complexity index is 628. The molecule has 1 fully saturated rings. The second-order valence-electron chi connectivity index (χ2n) is 5.55. The lowest BCUT2D eigenvalue weighted by Crippen LogP contribution is -2.49. The number of nitrogens with one attached hydrogen (secondary N) is 1. The molecule has 1 unspecified atom stereocenters. The summed E-state index contributed by atoms with van der Waals surface area (Å²) in [5, 5.41) is 4.40. The Morgan fingerprint density at radius 2 is 2.33 bits per heavy atom. The molecule has 2 heterocycles. The summed E-state index contributed by atoms with van der Waals surface area (Å²) in [5.74, 6) is 0.646. The molecular formula is C15H19FN4S. The van der Waals surface area contributed by atoms with Gasteiger partial charge in [0, 0.05) is 43.6 Å². The van der Waals surface area contributed by atoms with Crippen LogP contribution in [0.4, 0.5) is 9.52 Å². The summed E-state index contributed by atoms with van der Waals surface area (Å²) >= 11 is 1.45. The van der Waals surface area contributed by atoms with E-state index in [0.717, 1.165) is 36.2 Å². The van der Waals surface area contributed by atoms with E-state index >= 15 is 0 Å².